The Hall–Kier alpha value is -1.81. The smallest absolute Gasteiger partial charge is 0.268 e. The highest BCUT2D eigenvalue weighted by molar-refractivity contribution is 6.01. The van der Waals surface area contributed by atoms with Gasteiger partial charge in [0, 0.05) is 24.0 Å². The van der Waals surface area contributed by atoms with E-state index in [0.717, 1.165) is 36.1 Å². The number of nitrogens with one attached hydrogen (secondary N) is 2. The van der Waals surface area contributed by atoms with Gasteiger partial charge in [-0.2, -0.15) is 0 Å². The van der Waals surface area contributed by atoms with Gasteiger partial charge in [0.25, 0.3) is 5.91 Å². The van der Waals surface area contributed by atoms with Gasteiger partial charge in [-0.1, -0.05) is 25.5 Å². The minimum absolute atomic E-state index is 0.0199. The number of benzene rings is 1. The van der Waals surface area contributed by atoms with Crippen molar-refractivity contribution in [2.75, 3.05) is 26.2 Å². The Morgan fingerprint density at radius 1 is 1.24 bits per heavy atom. The number of fused-ring (bicyclic) bond motifs is 1. The number of nitrogens with zero attached hydrogens (tertiary/aromatic N) is 1. The molecule has 2 aromatic rings. The molecule has 1 amide bonds. The molecule has 0 aliphatic carbocycles. The predicted molar refractivity (Wildman–Crippen MR) is 87.9 cm³/mol. The van der Waals surface area contributed by atoms with Gasteiger partial charge in [-0.25, -0.2) is 0 Å². The molecule has 0 saturated heterocycles. The summed E-state index contributed by atoms with van der Waals surface area (Å²) in [6.45, 7) is 11.9. The Morgan fingerprint density at radius 3 is 2.62 bits per heavy atom. The van der Waals surface area contributed by atoms with Crippen LogP contribution in [0.15, 0.2) is 18.2 Å². The van der Waals surface area contributed by atoms with Gasteiger partial charge in [-0.05, 0) is 44.6 Å². The predicted octanol–water partition coefficient (Wildman–Crippen LogP) is 2.86. The highest BCUT2D eigenvalue weighted by Gasteiger charge is 2.14. The van der Waals surface area contributed by atoms with Crippen molar-refractivity contribution >= 4 is 16.8 Å². The second-order valence-electron chi connectivity index (χ2n) is 5.46. The van der Waals surface area contributed by atoms with E-state index >= 15 is 0 Å². The summed E-state index contributed by atoms with van der Waals surface area (Å²) < 4.78 is 0. The third-order valence-corrected chi connectivity index (χ3v) is 4.05. The summed E-state index contributed by atoms with van der Waals surface area (Å²) in [5, 5.41) is 4.13. The molecule has 0 aliphatic rings. The van der Waals surface area contributed by atoms with Crippen molar-refractivity contribution in [3.63, 3.8) is 0 Å². The van der Waals surface area contributed by atoms with Gasteiger partial charge < -0.3 is 15.2 Å². The standard InChI is InChI=1S/C17H25N3O/c1-5-20(6-2)10-9-18-17(21)16-13(4)14-11-12(3)7-8-15(14)19-16/h7-8,11,19H,5-6,9-10H2,1-4H3,(H,18,21). The number of amides is 1. The minimum Gasteiger partial charge on any atom is -0.350 e. The van der Waals surface area contributed by atoms with E-state index < -0.39 is 0 Å². The van der Waals surface area contributed by atoms with Crippen LogP contribution < -0.4 is 5.32 Å². The fourth-order valence-corrected chi connectivity index (χ4v) is 2.62. The van der Waals surface area contributed by atoms with Crippen molar-refractivity contribution in [1.82, 2.24) is 15.2 Å². The summed E-state index contributed by atoms with van der Waals surface area (Å²) in [4.78, 5) is 17.8. The molecule has 0 atom stereocenters. The van der Waals surface area contributed by atoms with Crippen LogP contribution in [0, 0.1) is 13.8 Å². The zero-order valence-corrected chi connectivity index (χ0v) is 13.4. The first-order chi connectivity index (χ1) is 10.1. The monoisotopic (exact) mass is 287 g/mol. The number of hydrogen-bond acceptors (Lipinski definition) is 2. The number of rotatable bonds is 6. The number of carbonyl (C=O) groups excluding carboxylic acids is 1. The number of likely N-dealkylation sites (N-methyl/N-ethyl adjacent to an activating group) is 1. The summed E-state index contributed by atoms with van der Waals surface area (Å²) in [6.07, 6.45) is 0. The van der Waals surface area contributed by atoms with E-state index in [9.17, 15) is 4.79 Å². The fraction of sp³-hybridized carbons (Fsp3) is 0.471. The molecule has 0 bridgehead atoms. The molecule has 1 aromatic carbocycles. The molecule has 0 fully saturated rings. The first kappa shape index (κ1) is 15.6. The van der Waals surface area contributed by atoms with E-state index in [-0.39, 0.29) is 5.91 Å². The van der Waals surface area contributed by atoms with Crippen LogP contribution in [0.3, 0.4) is 0 Å². The first-order valence-electron chi connectivity index (χ1n) is 7.66. The van der Waals surface area contributed by atoms with Crippen LogP contribution >= 0.6 is 0 Å². The van der Waals surface area contributed by atoms with E-state index in [2.05, 4.69) is 48.1 Å². The normalized spacial score (nSPS) is 11.3. The zero-order chi connectivity index (χ0) is 15.4. The Bertz CT molecular complexity index is 626. The Kier molecular flexibility index (Phi) is 5.02. The topological polar surface area (TPSA) is 48.1 Å². The lowest BCUT2D eigenvalue weighted by atomic mass is 10.1. The van der Waals surface area contributed by atoms with E-state index in [1.807, 2.05) is 13.0 Å². The molecule has 0 unspecified atom stereocenters. The molecule has 114 valence electrons. The molecule has 1 aromatic heterocycles. The van der Waals surface area contributed by atoms with Crippen molar-refractivity contribution in [2.45, 2.75) is 27.7 Å². The number of aromatic nitrogens is 1. The van der Waals surface area contributed by atoms with E-state index in [1.165, 1.54) is 5.56 Å². The fourth-order valence-electron chi connectivity index (χ4n) is 2.62. The second-order valence-corrected chi connectivity index (χ2v) is 5.46. The molecule has 2 N–H and O–H groups in total. The quantitative estimate of drug-likeness (QED) is 0.858. The lowest BCUT2D eigenvalue weighted by Gasteiger charge is -2.17. The zero-order valence-electron chi connectivity index (χ0n) is 13.4. The van der Waals surface area contributed by atoms with E-state index in [4.69, 9.17) is 0 Å². The molecule has 1 heterocycles. The van der Waals surface area contributed by atoms with Gasteiger partial charge in [0.15, 0.2) is 0 Å². The molecular weight excluding hydrogens is 262 g/mol. The molecule has 4 nitrogen and oxygen atoms in total. The summed E-state index contributed by atoms with van der Waals surface area (Å²) in [5.41, 5.74) is 3.93. The second kappa shape index (κ2) is 6.76. The number of carbonyl (C=O) groups is 1. The summed E-state index contributed by atoms with van der Waals surface area (Å²) >= 11 is 0. The minimum atomic E-state index is -0.0199. The van der Waals surface area contributed by atoms with Crippen LogP contribution in [-0.4, -0.2) is 42.0 Å². The van der Waals surface area contributed by atoms with Crippen molar-refractivity contribution < 1.29 is 4.79 Å². The van der Waals surface area contributed by atoms with Crippen LogP contribution in [0.25, 0.3) is 10.9 Å². The van der Waals surface area contributed by atoms with Gasteiger partial charge in [0.05, 0.1) is 0 Å². The van der Waals surface area contributed by atoms with Crippen molar-refractivity contribution in [2.24, 2.45) is 0 Å². The maximum atomic E-state index is 12.3. The van der Waals surface area contributed by atoms with Gasteiger partial charge in [0.2, 0.25) is 0 Å². The van der Waals surface area contributed by atoms with Crippen LogP contribution in [0.5, 0.6) is 0 Å². The average Bonchev–Trinajstić information content (AvgIpc) is 2.80. The van der Waals surface area contributed by atoms with E-state index in [1.54, 1.807) is 0 Å². The molecule has 4 heteroatoms. The maximum Gasteiger partial charge on any atom is 0.268 e. The molecule has 2 rings (SSSR count). The Labute approximate surface area is 126 Å². The maximum absolute atomic E-state index is 12.3. The molecule has 0 saturated carbocycles. The van der Waals surface area contributed by atoms with Crippen LogP contribution in [0.1, 0.15) is 35.5 Å². The van der Waals surface area contributed by atoms with Gasteiger partial charge in [-0.15, -0.1) is 0 Å². The summed E-state index contributed by atoms with van der Waals surface area (Å²) in [6, 6.07) is 6.21. The Balaban J connectivity index is 2.07. The SMILES string of the molecule is CCN(CC)CCNC(=O)c1[nH]c2ccc(C)cc2c1C. The van der Waals surface area contributed by atoms with Crippen LogP contribution in [0.4, 0.5) is 0 Å². The van der Waals surface area contributed by atoms with Gasteiger partial charge >= 0.3 is 0 Å². The van der Waals surface area contributed by atoms with Crippen LogP contribution in [-0.2, 0) is 0 Å². The van der Waals surface area contributed by atoms with Crippen molar-refractivity contribution in [3.05, 3.63) is 35.0 Å². The highest BCUT2D eigenvalue weighted by Crippen LogP contribution is 2.22. The van der Waals surface area contributed by atoms with Gasteiger partial charge in [-0.3, -0.25) is 4.79 Å². The van der Waals surface area contributed by atoms with Gasteiger partial charge in [0.1, 0.15) is 5.69 Å². The molecule has 0 radical (unpaired) electrons. The molecule has 21 heavy (non-hydrogen) atoms. The third kappa shape index (κ3) is 3.45. The molecule has 0 spiro atoms. The number of H-pyrrole nitrogens is 1. The van der Waals surface area contributed by atoms with Crippen LogP contribution in [0.2, 0.25) is 0 Å². The Morgan fingerprint density at radius 2 is 1.95 bits per heavy atom. The number of hydrogen-bond donors (Lipinski definition) is 2. The van der Waals surface area contributed by atoms with E-state index in [0.29, 0.717) is 12.2 Å². The largest absolute Gasteiger partial charge is 0.350 e. The third-order valence-electron chi connectivity index (χ3n) is 4.05. The molecule has 0 aliphatic heterocycles. The average molecular weight is 287 g/mol. The highest BCUT2D eigenvalue weighted by atomic mass is 16.1. The summed E-state index contributed by atoms with van der Waals surface area (Å²) in [7, 11) is 0. The number of aromatic amines is 1. The van der Waals surface area contributed by atoms with Crippen molar-refractivity contribution in [3.8, 4) is 0 Å². The van der Waals surface area contributed by atoms with Crippen molar-refractivity contribution in [1.29, 1.82) is 0 Å². The lowest BCUT2D eigenvalue weighted by molar-refractivity contribution is 0.0944. The number of aryl methyl sites for hydroxylation is 2. The first-order valence-corrected chi connectivity index (χ1v) is 7.66. The molecular formula is C17H25N3O. The summed E-state index contributed by atoms with van der Waals surface area (Å²) in [5.74, 6) is -0.0199. The lowest BCUT2D eigenvalue weighted by Crippen LogP contribution is -2.35.